The highest BCUT2D eigenvalue weighted by atomic mass is 31.0. The van der Waals surface area contributed by atoms with Gasteiger partial charge in [-0.2, -0.15) is 0 Å². The van der Waals surface area contributed by atoms with Crippen LogP contribution in [0.2, 0.25) is 0 Å². The van der Waals surface area contributed by atoms with Crippen LogP contribution < -0.4 is 5.30 Å². The fourth-order valence-corrected chi connectivity index (χ4v) is 1.64. The lowest BCUT2D eigenvalue weighted by molar-refractivity contribution is -0.138. The van der Waals surface area contributed by atoms with Crippen LogP contribution in [0.25, 0.3) is 0 Å². The molecule has 0 aliphatic carbocycles. The van der Waals surface area contributed by atoms with Crippen LogP contribution in [0.15, 0.2) is 35.9 Å². The fraction of sp³-hybridized carbons (Fsp3) is 0.308. The number of carbonyl (C=O) groups excluding carboxylic acids is 1. The van der Waals surface area contributed by atoms with Crippen molar-refractivity contribution < 1.29 is 9.53 Å². The Morgan fingerprint density at radius 3 is 2.75 bits per heavy atom. The molecule has 2 nitrogen and oxygen atoms in total. The van der Waals surface area contributed by atoms with Crippen molar-refractivity contribution in [2.45, 2.75) is 20.3 Å². The van der Waals surface area contributed by atoms with Crippen molar-refractivity contribution >= 4 is 20.5 Å². The third-order valence-corrected chi connectivity index (χ3v) is 2.84. The van der Waals surface area contributed by atoms with Crippen LogP contribution in [0.5, 0.6) is 0 Å². The second-order valence-electron chi connectivity index (χ2n) is 3.51. The van der Waals surface area contributed by atoms with E-state index in [0.29, 0.717) is 12.2 Å². The smallest absolute Gasteiger partial charge is 0.333 e. The van der Waals surface area contributed by atoms with Crippen LogP contribution in [0, 0.1) is 0 Å². The molecule has 86 valence electrons. The molecule has 0 aliphatic rings. The van der Waals surface area contributed by atoms with Crippen molar-refractivity contribution in [1.82, 2.24) is 0 Å². The molecule has 0 aromatic heterocycles. The van der Waals surface area contributed by atoms with Crippen LogP contribution >= 0.6 is 9.24 Å². The molecule has 1 atom stereocenters. The van der Waals surface area contributed by atoms with E-state index in [0.717, 1.165) is 11.7 Å². The summed E-state index contributed by atoms with van der Waals surface area (Å²) in [6, 6.07) is 8.08. The first-order valence-electron chi connectivity index (χ1n) is 5.32. The molecular formula is C13H17O2P. The van der Waals surface area contributed by atoms with Crippen LogP contribution in [0.3, 0.4) is 0 Å². The van der Waals surface area contributed by atoms with Crippen LogP contribution in [0.4, 0.5) is 0 Å². The zero-order valence-corrected chi connectivity index (χ0v) is 10.8. The Hall–Kier alpha value is -1.14. The largest absolute Gasteiger partial charge is 0.463 e. The van der Waals surface area contributed by atoms with Gasteiger partial charge in [0.15, 0.2) is 0 Å². The summed E-state index contributed by atoms with van der Waals surface area (Å²) in [4.78, 5) is 11.4. The summed E-state index contributed by atoms with van der Waals surface area (Å²) in [7, 11) is 2.69. The lowest BCUT2D eigenvalue weighted by Gasteiger charge is -2.03. The van der Waals surface area contributed by atoms with E-state index < -0.39 is 0 Å². The molecule has 0 saturated carbocycles. The standard InChI is InChI=1S/C13H17O2P/c1-3-15-13(14)10(2)8-9-11-6-4-5-7-12(11)16/h4-8H,3,9,16H2,1-2H3. The van der Waals surface area contributed by atoms with Gasteiger partial charge in [-0.3, -0.25) is 0 Å². The lowest BCUT2D eigenvalue weighted by Crippen LogP contribution is -2.06. The maximum absolute atomic E-state index is 11.4. The highest BCUT2D eigenvalue weighted by molar-refractivity contribution is 7.27. The number of hydrogen-bond acceptors (Lipinski definition) is 2. The zero-order chi connectivity index (χ0) is 12.0. The van der Waals surface area contributed by atoms with E-state index in [4.69, 9.17) is 4.74 Å². The van der Waals surface area contributed by atoms with E-state index in [-0.39, 0.29) is 5.97 Å². The van der Waals surface area contributed by atoms with Gasteiger partial charge in [-0.25, -0.2) is 4.79 Å². The van der Waals surface area contributed by atoms with E-state index in [1.54, 1.807) is 6.92 Å². The van der Waals surface area contributed by atoms with Crippen molar-refractivity contribution in [3.8, 4) is 0 Å². The maximum atomic E-state index is 11.4. The molecule has 0 bridgehead atoms. The third-order valence-electron chi connectivity index (χ3n) is 2.28. The normalized spacial score (nSPS) is 11.3. The molecule has 0 amide bonds. The molecule has 0 fully saturated rings. The van der Waals surface area contributed by atoms with Gasteiger partial charge in [0, 0.05) is 5.57 Å². The summed E-state index contributed by atoms with van der Waals surface area (Å²) >= 11 is 0. The highest BCUT2D eigenvalue weighted by Gasteiger charge is 2.04. The van der Waals surface area contributed by atoms with Gasteiger partial charge in [0.25, 0.3) is 0 Å². The van der Waals surface area contributed by atoms with Gasteiger partial charge in [-0.15, -0.1) is 9.24 Å². The first-order valence-corrected chi connectivity index (χ1v) is 5.90. The second-order valence-corrected chi connectivity index (χ2v) is 4.13. The van der Waals surface area contributed by atoms with Gasteiger partial charge in [-0.05, 0) is 31.1 Å². The Balaban J connectivity index is 2.66. The highest BCUT2D eigenvalue weighted by Crippen LogP contribution is 2.05. The van der Waals surface area contributed by atoms with E-state index >= 15 is 0 Å². The quantitative estimate of drug-likeness (QED) is 0.455. The summed E-state index contributed by atoms with van der Waals surface area (Å²) in [5.74, 6) is -0.233. The number of benzene rings is 1. The number of rotatable bonds is 4. The SMILES string of the molecule is CCOC(=O)C(C)=CCc1ccccc1P. The summed E-state index contributed by atoms with van der Waals surface area (Å²) in [6.45, 7) is 4.01. The second kappa shape index (κ2) is 6.44. The van der Waals surface area contributed by atoms with Crippen molar-refractivity contribution in [3.05, 3.63) is 41.5 Å². The minimum atomic E-state index is -0.233. The monoisotopic (exact) mass is 236 g/mol. The van der Waals surface area contributed by atoms with E-state index in [2.05, 4.69) is 15.3 Å². The summed E-state index contributed by atoms with van der Waals surface area (Å²) in [5, 5.41) is 1.16. The van der Waals surface area contributed by atoms with Gasteiger partial charge in [-0.1, -0.05) is 30.3 Å². The molecule has 1 aromatic rings. The molecule has 1 aromatic carbocycles. The predicted molar refractivity (Wildman–Crippen MR) is 69.9 cm³/mol. The van der Waals surface area contributed by atoms with Gasteiger partial charge in [0.2, 0.25) is 0 Å². The molecule has 1 unspecified atom stereocenters. The van der Waals surface area contributed by atoms with Gasteiger partial charge < -0.3 is 4.74 Å². The Labute approximate surface area is 98.9 Å². The first kappa shape index (κ1) is 12.9. The number of ether oxygens (including phenoxy) is 1. The van der Waals surface area contributed by atoms with Gasteiger partial charge in [0.05, 0.1) is 6.61 Å². The molecule has 0 saturated heterocycles. The molecule has 0 heterocycles. The Bertz CT molecular complexity index is 397. The minimum absolute atomic E-state index is 0.233. The molecule has 0 N–H and O–H groups in total. The van der Waals surface area contributed by atoms with Crippen LogP contribution in [0.1, 0.15) is 19.4 Å². The van der Waals surface area contributed by atoms with Crippen molar-refractivity contribution in [2.24, 2.45) is 0 Å². The molecule has 0 radical (unpaired) electrons. The molecule has 1 rings (SSSR count). The Morgan fingerprint density at radius 2 is 2.12 bits per heavy atom. The molecule has 0 spiro atoms. The van der Waals surface area contributed by atoms with E-state index in [1.807, 2.05) is 31.2 Å². The first-order chi connectivity index (χ1) is 7.65. The molecule has 0 aliphatic heterocycles. The topological polar surface area (TPSA) is 26.3 Å². The average Bonchev–Trinajstić information content (AvgIpc) is 2.28. The van der Waals surface area contributed by atoms with E-state index in [1.165, 1.54) is 5.56 Å². The summed E-state index contributed by atoms with van der Waals surface area (Å²) in [6.07, 6.45) is 2.66. The third kappa shape index (κ3) is 3.79. The van der Waals surface area contributed by atoms with Gasteiger partial charge >= 0.3 is 5.97 Å². The number of hydrogen-bond donors (Lipinski definition) is 0. The van der Waals surface area contributed by atoms with E-state index in [9.17, 15) is 4.79 Å². The van der Waals surface area contributed by atoms with Crippen LogP contribution in [-0.4, -0.2) is 12.6 Å². The van der Waals surface area contributed by atoms with Crippen molar-refractivity contribution in [3.63, 3.8) is 0 Å². The maximum Gasteiger partial charge on any atom is 0.333 e. The predicted octanol–water partition coefficient (Wildman–Crippen LogP) is 2.24. The summed E-state index contributed by atoms with van der Waals surface area (Å²) < 4.78 is 4.91. The zero-order valence-electron chi connectivity index (χ0n) is 9.69. The van der Waals surface area contributed by atoms with Crippen molar-refractivity contribution in [2.75, 3.05) is 6.61 Å². The van der Waals surface area contributed by atoms with Crippen LogP contribution in [-0.2, 0) is 16.0 Å². The Morgan fingerprint density at radius 1 is 1.44 bits per heavy atom. The molecular weight excluding hydrogens is 219 g/mol. The van der Waals surface area contributed by atoms with Gasteiger partial charge in [0.1, 0.15) is 0 Å². The number of allylic oxidation sites excluding steroid dienone is 1. The molecule has 16 heavy (non-hydrogen) atoms. The fourth-order valence-electron chi connectivity index (χ4n) is 1.31. The minimum Gasteiger partial charge on any atom is -0.463 e. The summed E-state index contributed by atoms with van der Waals surface area (Å²) in [5.41, 5.74) is 1.87. The Kier molecular flexibility index (Phi) is 5.21. The molecule has 3 heteroatoms. The number of esters is 1. The average molecular weight is 236 g/mol. The lowest BCUT2D eigenvalue weighted by atomic mass is 10.1. The number of carbonyl (C=O) groups is 1. The van der Waals surface area contributed by atoms with Crippen molar-refractivity contribution in [1.29, 1.82) is 0 Å².